The fraction of sp³-hybridized carbons (Fsp3) is 0.206. The fourth-order valence-electron chi connectivity index (χ4n) is 11.9. The molecule has 14 rings (SSSR count). The molecule has 0 saturated heterocycles. The first-order valence-corrected chi connectivity index (χ1v) is 26.8. The number of hydrogen-bond donors (Lipinski definition) is 0. The summed E-state index contributed by atoms with van der Waals surface area (Å²) in [6.07, 6.45) is 0. The summed E-state index contributed by atoms with van der Waals surface area (Å²) in [7, 11) is 0. The molecule has 5 heterocycles. The summed E-state index contributed by atoms with van der Waals surface area (Å²) >= 11 is 0. The van der Waals surface area contributed by atoms with Crippen molar-refractivity contribution in [2.24, 2.45) is 0 Å². The average Bonchev–Trinajstić information content (AvgIpc) is 4.36. The normalized spacial score (nSPS) is 14.3. The Morgan fingerprint density at radius 1 is 0.403 bits per heavy atom. The maximum Gasteiger partial charge on any atom is 0.252 e. The van der Waals surface area contributed by atoms with E-state index in [2.05, 4.69) is 229 Å². The largest absolute Gasteiger partial charge is 0.456 e. The summed E-state index contributed by atoms with van der Waals surface area (Å²) in [5.74, 6) is 3.79. The molecule has 0 radical (unpaired) electrons. The number of hydrogen-bond acceptors (Lipinski definition) is 8. The van der Waals surface area contributed by atoms with Crippen LogP contribution in [0.1, 0.15) is 79.0 Å². The topological polar surface area (TPSA) is 59.8 Å². The third kappa shape index (κ3) is 7.80. The van der Waals surface area contributed by atoms with E-state index in [-0.39, 0.29) is 36.5 Å². The Kier molecular flexibility index (Phi) is 10.3. The van der Waals surface area contributed by atoms with Gasteiger partial charge in [-0.15, -0.1) is 0 Å². The van der Waals surface area contributed by atoms with E-state index < -0.39 is 0 Å². The van der Waals surface area contributed by atoms with Crippen LogP contribution < -0.4 is 50.0 Å². The Balaban J connectivity index is 1.05. The molecule has 0 aliphatic carbocycles. The molecule has 77 heavy (non-hydrogen) atoms. The second kappa shape index (κ2) is 17.0. The first kappa shape index (κ1) is 46.9. The summed E-state index contributed by atoms with van der Waals surface area (Å²) in [5, 5.41) is 3.33. The minimum Gasteiger partial charge on any atom is -0.456 e. The van der Waals surface area contributed by atoms with Crippen LogP contribution in [0.25, 0.3) is 33.1 Å². The molecule has 0 saturated carbocycles. The van der Waals surface area contributed by atoms with Crippen LogP contribution in [0.2, 0.25) is 0 Å². The van der Waals surface area contributed by atoms with Crippen molar-refractivity contribution in [3.63, 3.8) is 0 Å². The molecule has 380 valence electrons. The van der Waals surface area contributed by atoms with Crippen LogP contribution in [-0.4, -0.2) is 20.3 Å². The quantitative estimate of drug-likeness (QED) is 0.153. The molecule has 9 heteroatoms. The molecule has 8 nitrogen and oxygen atoms in total. The zero-order valence-corrected chi connectivity index (χ0v) is 45.1. The molecule has 0 N–H and O–H groups in total. The van der Waals surface area contributed by atoms with Gasteiger partial charge in [-0.3, -0.25) is 0 Å². The molecule has 0 fully saturated rings. The van der Waals surface area contributed by atoms with E-state index in [1.807, 2.05) is 24.3 Å². The van der Waals surface area contributed by atoms with E-state index >= 15 is 0 Å². The van der Waals surface area contributed by atoms with E-state index in [0.717, 1.165) is 107 Å². The van der Waals surface area contributed by atoms with Gasteiger partial charge in [0.1, 0.15) is 11.3 Å². The first-order chi connectivity index (χ1) is 37.0. The van der Waals surface area contributed by atoms with Crippen molar-refractivity contribution in [3.8, 4) is 34.3 Å². The van der Waals surface area contributed by atoms with Gasteiger partial charge in [0.25, 0.3) is 6.71 Å². The van der Waals surface area contributed by atoms with Gasteiger partial charge in [-0.05, 0) is 151 Å². The highest BCUT2D eigenvalue weighted by Crippen LogP contribution is 2.51. The zero-order chi connectivity index (χ0) is 52.7. The first-order valence-electron chi connectivity index (χ1n) is 26.8. The van der Waals surface area contributed by atoms with E-state index in [9.17, 15) is 0 Å². The second-order valence-corrected chi connectivity index (χ2v) is 24.2. The minimum absolute atomic E-state index is 0.0361. The maximum absolute atomic E-state index is 6.36. The molecule has 9 aromatic carbocycles. The van der Waals surface area contributed by atoms with Crippen LogP contribution in [0.3, 0.4) is 0 Å². The van der Waals surface area contributed by atoms with Crippen LogP contribution >= 0.6 is 0 Å². The van der Waals surface area contributed by atoms with E-state index in [0.29, 0.717) is 0 Å². The van der Waals surface area contributed by atoms with E-state index in [1.54, 1.807) is 0 Å². The van der Waals surface area contributed by atoms with Gasteiger partial charge in [-0.25, -0.2) is 0 Å². The molecule has 1 aromatic heterocycles. The SMILES string of the molecule is CC(C)(C)c1ccc(N(c2cc3c4c(c2)N(c2ccc5c(c2)OCO5)c2ccc(C(C)(C)C)cc2B4c2cc(C(C)(C)C)ccc2N3c2ccc3c(c2)OCO3)c2ccc3cc(-c4cc5ccccc5o4)ccc3c2)cc1. The predicted molar refractivity (Wildman–Crippen MR) is 316 cm³/mol. The molecule has 0 unspecified atom stereocenters. The van der Waals surface area contributed by atoms with Crippen molar-refractivity contribution in [2.75, 3.05) is 28.3 Å². The summed E-state index contributed by atoms with van der Waals surface area (Å²) in [6, 6.07) is 64.7. The third-order valence-electron chi connectivity index (χ3n) is 16.1. The summed E-state index contributed by atoms with van der Waals surface area (Å²) < 4.78 is 30.5. The van der Waals surface area contributed by atoms with E-state index in [1.165, 1.54) is 33.1 Å². The standard InChI is InChI=1S/C68H60BN3O5/c1-66(2,3)45-17-22-48(23-18-45)70(49-21-16-41-30-44(15-14-42(41)31-49)62-32-43-12-10-11-13-59(43)77-62)52-35-57-65-58(36-52)72(51-25-29-61-64(38-51)76-40-74-61)56-27-20-47(68(7,8)9)34-54(56)69(65)53-33-46(67(4,5)6)19-26-55(53)71(57)50-24-28-60-63(37-50)75-39-73-60/h10-38H,39-40H2,1-9H3. The van der Waals surface area contributed by atoms with Gasteiger partial charge in [0, 0.05) is 57.2 Å². The van der Waals surface area contributed by atoms with Gasteiger partial charge < -0.3 is 38.1 Å². The van der Waals surface area contributed by atoms with Gasteiger partial charge in [0.2, 0.25) is 13.6 Å². The van der Waals surface area contributed by atoms with Gasteiger partial charge in [0.05, 0.1) is 17.1 Å². The highest BCUT2D eigenvalue weighted by molar-refractivity contribution is 7.00. The smallest absolute Gasteiger partial charge is 0.252 e. The van der Waals surface area contributed by atoms with Gasteiger partial charge in [0.15, 0.2) is 23.0 Å². The lowest BCUT2D eigenvalue weighted by Gasteiger charge is -2.45. The molecular formula is C68H60BN3O5. The molecule has 0 bridgehead atoms. The van der Waals surface area contributed by atoms with Gasteiger partial charge in [-0.1, -0.05) is 135 Å². The van der Waals surface area contributed by atoms with Crippen LogP contribution in [0.5, 0.6) is 23.0 Å². The summed E-state index contributed by atoms with van der Waals surface area (Å²) in [6.45, 7) is 20.9. The van der Waals surface area contributed by atoms with Crippen LogP contribution in [0.15, 0.2) is 180 Å². The number of anilines is 9. The highest BCUT2D eigenvalue weighted by Gasteiger charge is 2.45. The lowest BCUT2D eigenvalue weighted by molar-refractivity contribution is 0.173. The molecule has 0 spiro atoms. The molecule has 0 amide bonds. The van der Waals surface area contributed by atoms with Crippen LogP contribution in [0.4, 0.5) is 51.2 Å². The molecule has 4 aliphatic rings. The molecule has 4 aliphatic heterocycles. The number of rotatable bonds is 6. The number of para-hydroxylation sites is 1. The molecule has 10 aromatic rings. The molecular weight excluding hydrogens is 950 g/mol. The lowest BCUT2D eigenvalue weighted by Crippen LogP contribution is -2.61. The average molecular weight is 1010 g/mol. The maximum atomic E-state index is 6.36. The number of nitrogens with zero attached hydrogens (tertiary/aromatic N) is 3. The van der Waals surface area contributed by atoms with Crippen molar-refractivity contribution in [1.29, 1.82) is 0 Å². The Bertz CT molecular complexity index is 3860. The Morgan fingerprint density at radius 3 is 1.49 bits per heavy atom. The number of fused-ring (bicyclic) bond motifs is 8. The van der Waals surface area contributed by atoms with Crippen molar-refractivity contribution in [2.45, 2.75) is 78.6 Å². The minimum atomic E-state index is -0.125. The number of benzene rings is 9. The Hall–Kier alpha value is -8.56. The zero-order valence-electron chi connectivity index (χ0n) is 45.1. The lowest BCUT2D eigenvalue weighted by atomic mass is 9.33. The van der Waals surface area contributed by atoms with Crippen molar-refractivity contribution in [1.82, 2.24) is 0 Å². The summed E-state index contributed by atoms with van der Waals surface area (Å²) in [5.41, 5.74) is 18.6. The fourth-order valence-corrected chi connectivity index (χ4v) is 11.9. The van der Waals surface area contributed by atoms with Crippen LogP contribution in [0, 0.1) is 0 Å². The van der Waals surface area contributed by atoms with Gasteiger partial charge in [-0.2, -0.15) is 0 Å². The second-order valence-electron chi connectivity index (χ2n) is 24.2. The van der Waals surface area contributed by atoms with Gasteiger partial charge >= 0.3 is 0 Å². The highest BCUT2D eigenvalue weighted by atomic mass is 16.7. The van der Waals surface area contributed by atoms with Crippen molar-refractivity contribution >= 4 is 96.0 Å². The molecule has 0 atom stereocenters. The van der Waals surface area contributed by atoms with Crippen molar-refractivity contribution in [3.05, 3.63) is 193 Å². The summed E-state index contributed by atoms with van der Waals surface area (Å²) in [4.78, 5) is 7.34. The number of ether oxygens (including phenoxy) is 4. The third-order valence-corrected chi connectivity index (χ3v) is 16.1. The number of furan rings is 1. The van der Waals surface area contributed by atoms with Crippen LogP contribution in [-0.2, 0) is 16.2 Å². The Labute approximate surface area is 451 Å². The predicted octanol–water partition coefficient (Wildman–Crippen LogP) is 16.2. The Morgan fingerprint density at radius 2 is 0.922 bits per heavy atom. The monoisotopic (exact) mass is 1010 g/mol. The van der Waals surface area contributed by atoms with E-state index in [4.69, 9.17) is 23.4 Å². The van der Waals surface area contributed by atoms with Crippen molar-refractivity contribution < 1.29 is 23.4 Å².